The van der Waals surface area contributed by atoms with E-state index in [1.54, 1.807) is 0 Å². The van der Waals surface area contributed by atoms with Gasteiger partial charge in [-0.25, -0.2) is 0 Å². The molecule has 0 aromatic rings. The molecule has 0 bridgehead atoms. The van der Waals surface area contributed by atoms with Crippen LogP contribution in [0.15, 0.2) is 0 Å². The van der Waals surface area contributed by atoms with E-state index >= 15 is 0 Å². The number of hydrogen-bond acceptors (Lipinski definition) is 0. The summed E-state index contributed by atoms with van der Waals surface area (Å²) in [6, 6.07) is 0. The Hall–Kier alpha value is 2.32. The molecule has 0 aromatic heterocycles. The monoisotopic (exact) mass is 492 g/mol. The second-order valence-electron chi connectivity index (χ2n) is 0. The van der Waals surface area contributed by atoms with Crippen molar-refractivity contribution in [2.24, 2.45) is 0 Å². The second kappa shape index (κ2) is 82.8. The van der Waals surface area contributed by atoms with Crippen LogP contribution in [0.3, 0.4) is 0 Å². The molecule has 0 aliphatic carbocycles. The van der Waals surface area contributed by atoms with Crippen molar-refractivity contribution in [1.29, 1.82) is 0 Å². The van der Waals surface area contributed by atoms with E-state index in [0.29, 0.717) is 0 Å². The van der Waals surface area contributed by atoms with E-state index in [9.17, 15) is 0 Å². The van der Waals surface area contributed by atoms with Gasteiger partial charge in [0.15, 0.2) is 0 Å². The fraction of sp³-hybridized carbons (Fsp3) is 0. The minimum Gasteiger partial charge on any atom is -2.00 e. The quantitative estimate of drug-likeness (QED) is 0.384. The summed E-state index contributed by atoms with van der Waals surface area (Å²) >= 11 is 0. The van der Waals surface area contributed by atoms with Crippen LogP contribution in [-0.4, -0.2) is 34.7 Å². The molecule has 0 fully saturated rings. The van der Waals surface area contributed by atoms with Gasteiger partial charge < -0.3 is 16.4 Å². The molecular formula is Al2O3Pt2. The Labute approximate surface area is 92.3 Å². The normalized spacial score (nSPS) is 0. The number of rotatable bonds is 0. The third-order valence-corrected chi connectivity index (χ3v) is 0. The van der Waals surface area contributed by atoms with Crippen molar-refractivity contribution in [2.45, 2.75) is 0 Å². The molecular weight excluding hydrogens is 492 g/mol. The molecule has 7 heteroatoms. The summed E-state index contributed by atoms with van der Waals surface area (Å²) in [7, 11) is 0. The molecule has 0 aromatic carbocycles. The Kier molecular flexibility index (Phi) is 1420. The van der Waals surface area contributed by atoms with Gasteiger partial charge in [0.2, 0.25) is 0 Å². The maximum Gasteiger partial charge on any atom is 3.00 e. The van der Waals surface area contributed by atoms with E-state index in [4.69, 9.17) is 0 Å². The summed E-state index contributed by atoms with van der Waals surface area (Å²) in [6.45, 7) is 0. The van der Waals surface area contributed by atoms with Crippen LogP contribution in [0.1, 0.15) is 0 Å². The molecule has 0 amide bonds. The van der Waals surface area contributed by atoms with Crippen LogP contribution in [0, 0.1) is 0 Å². The molecule has 0 atom stereocenters. The van der Waals surface area contributed by atoms with Crippen molar-refractivity contribution in [3.8, 4) is 0 Å². The average Bonchev–Trinajstić information content (AvgIpc) is 0. The fourth-order valence-electron chi connectivity index (χ4n) is 0. The van der Waals surface area contributed by atoms with Gasteiger partial charge in [0.25, 0.3) is 0 Å². The van der Waals surface area contributed by atoms with Crippen LogP contribution < -0.4 is 0 Å². The Morgan fingerprint density at radius 3 is 0.429 bits per heavy atom. The summed E-state index contributed by atoms with van der Waals surface area (Å²) in [6.07, 6.45) is 0. The summed E-state index contributed by atoms with van der Waals surface area (Å²) < 4.78 is 0. The molecule has 0 saturated carbocycles. The predicted molar refractivity (Wildman–Crippen MR) is 13.6 cm³/mol. The van der Waals surface area contributed by atoms with Gasteiger partial charge in [0, 0.05) is 42.1 Å². The third kappa shape index (κ3) is 61.7. The first kappa shape index (κ1) is 120. The molecule has 0 radical (unpaired) electrons. The van der Waals surface area contributed by atoms with Crippen molar-refractivity contribution in [3.05, 3.63) is 0 Å². The van der Waals surface area contributed by atoms with Gasteiger partial charge in [-0.05, 0) is 0 Å². The number of hydrogen-bond donors (Lipinski definition) is 0. The third-order valence-electron chi connectivity index (χ3n) is 0. The zero-order valence-electron chi connectivity index (χ0n) is 3.01. The Bertz CT molecular complexity index is 10.9. The van der Waals surface area contributed by atoms with Crippen LogP contribution in [0.5, 0.6) is 0 Å². The molecule has 0 heterocycles. The van der Waals surface area contributed by atoms with Crippen LogP contribution >= 0.6 is 0 Å². The Morgan fingerprint density at radius 2 is 0.429 bits per heavy atom. The molecule has 3 nitrogen and oxygen atoms in total. The zero-order valence-corrected chi connectivity index (χ0v) is 9.87. The average molecular weight is 492 g/mol. The molecule has 0 N–H and O–H groups in total. The van der Waals surface area contributed by atoms with Crippen LogP contribution in [0.25, 0.3) is 0 Å². The SMILES string of the molecule is [Al+3].[Al+3].[O-2].[O-2].[O-2].[Pt].[Pt]. The van der Waals surface area contributed by atoms with Crippen molar-refractivity contribution in [1.82, 2.24) is 0 Å². The van der Waals surface area contributed by atoms with Gasteiger partial charge in [-0.15, -0.1) is 0 Å². The van der Waals surface area contributed by atoms with Crippen LogP contribution in [-0.2, 0) is 58.6 Å². The van der Waals surface area contributed by atoms with Gasteiger partial charge in [-0.2, -0.15) is 0 Å². The largest absolute Gasteiger partial charge is 3.00 e. The second-order valence-corrected chi connectivity index (χ2v) is 0. The molecule has 44 valence electrons. The zero-order chi connectivity index (χ0) is 0. The van der Waals surface area contributed by atoms with Gasteiger partial charge in [0.05, 0.1) is 0 Å². The predicted octanol–water partition coefficient (Wildman–Crippen LogP) is -1.12. The van der Waals surface area contributed by atoms with Crippen LogP contribution in [0.2, 0.25) is 0 Å². The van der Waals surface area contributed by atoms with Crippen molar-refractivity contribution in [2.75, 3.05) is 0 Å². The molecule has 0 aliphatic rings. The van der Waals surface area contributed by atoms with Crippen molar-refractivity contribution in [3.63, 3.8) is 0 Å². The van der Waals surface area contributed by atoms with Gasteiger partial charge >= 0.3 is 34.7 Å². The van der Waals surface area contributed by atoms with E-state index in [1.807, 2.05) is 0 Å². The van der Waals surface area contributed by atoms with Gasteiger partial charge in [0.1, 0.15) is 0 Å². The Morgan fingerprint density at radius 1 is 0.429 bits per heavy atom. The molecule has 7 heavy (non-hydrogen) atoms. The molecule has 0 spiro atoms. The first-order valence-electron chi connectivity index (χ1n) is 0. The van der Waals surface area contributed by atoms with Crippen molar-refractivity contribution >= 4 is 34.7 Å². The maximum atomic E-state index is 0. The first-order valence-corrected chi connectivity index (χ1v) is 0. The van der Waals surface area contributed by atoms with E-state index in [1.165, 1.54) is 0 Å². The minimum absolute atomic E-state index is 0. The minimum atomic E-state index is 0. The summed E-state index contributed by atoms with van der Waals surface area (Å²) in [5, 5.41) is 0. The van der Waals surface area contributed by atoms with Gasteiger partial charge in [-0.1, -0.05) is 0 Å². The molecule has 0 unspecified atom stereocenters. The summed E-state index contributed by atoms with van der Waals surface area (Å²) in [5.41, 5.74) is 0. The first-order chi connectivity index (χ1) is 0. The summed E-state index contributed by atoms with van der Waals surface area (Å²) in [5.74, 6) is 0. The van der Waals surface area contributed by atoms with E-state index in [2.05, 4.69) is 0 Å². The van der Waals surface area contributed by atoms with Gasteiger partial charge in [-0.3, -0.25) is 0 Å². The van der Waals surface area contributed by atoms with E-state index in [-0.39, 0.29) is 93.3 Å². The molecule has 0 aliphatic heterocycles. The van der Waals surface area contributed by atoms with Crippen molar-refractivity contribution < 1.29 is 58.6 Å². The summed E-state index contributed by atoms with van der Waals surface area (Å²) in [4.78, 5) is 0. The molecule has 0 rings (SSSR count). The van der Waals surface area contributed by atoms with E-state index in [0.717, 1.165) is 0 Å². The topological polar surface area (TPSA) is 85.5 Å². The van der Waals surface area contributed by atoms with Crippen LogP contribution in [0.4, 0.5) is 0 Å². The fourth-order valence-corrected chi connectivity index (χ4v) is 0. The molecule has 0 saturated heterocycles. The maximum absolute atomic E-state index is 0. The smallest absolute Gasteiger partial charge is 2.00 e. The standard InChI is InChI=1S/2Al.3O.2Pt/q2*+3;3*-2;;. The Balaban J connectivity index is 0. The van der Waals surface area contributed by atoms with E-state index < -0.39 is 0 Å².